The Morgan fingerprint density at radius 2 is 2.08 bits per heavy atom. The van der Waals surface area contributed by atoms with Crippen LogP contribution in [0.15, 0.2) is 0 Å². The fraction of sp³-hybridized carbons (Fsp3) is 1.00. The number of aliphatic hydroxyl groups is 1. The van der Waals surface area contributed by atoms with Crippen LogP contribution in [0.3, 0.4) is 0 Å². The van der Waals surface area contributed by atoms with Crippen LogP contribution in [0, 0.1) is 5.41 Å². The van der Waals surface area contributed by atoms with E-state index in [1.54, 1.807) is 0 Å². The van der Waals surface area contributed by atoms with Crippen molar-refractivity contribution in [2.24, 2.45) is 5.41 Å². The third-order valence-electron chi connectivity index (χ3n) is 3.30. The van der Waals surface area contributed by atoms with E-state index in [-0.39, 0.29) is 23.0 Å². The molecule has 0 amide bonds. The average Bonchev–Trinajstić information content (AvgIpc) is 2.46. The molecule has 1 N–H and O–H groups in total. The van der Waals surface area contributed by atoms with Crippen molar-refractivity contribution in [2.75, 3.05) is 0 Å². The largest absolute Gasteiger partial charge is 0.391 e. The zero-order valence-corrected chi connectivity index (χ0v) is 8.21. The number of halogens is 1. The molecule has 0 saturated carbocycles. The summed E-state index contributed by atoms with van der Waals surface area (Å²) < 4.78 is 5.70. The third kappa shape index (κ3) is 1.02. The number of alkyl halides is 1. The topological polar surface area (TPSA) is 29.5 Å². The third-order valence-corrected chi connectivity index (χ3v) is 3.82. The molecule has 2 aliphatic heterocycles. The van der Waals surface area contributed by atoms with E-state index in [9.17, 15) is 5.11 Å². The number of hydrogen-bond donors (Lipinski definition) is 1. The van der Waals surface area contributed by atoms with Gasteiger partial charge in [-0.25, -0.2) is 0 Å². The van der Waals surface area contributed by atoms with Crippen molar-refractivity contribution in [3.8, 4) is 0 Å². The summed E-state index contributed by atoms with van der Waals surface area (Å²) in [6.07, 6.45) is 1.90. The van der Waals surface area contributed by atoms with E-state index < -0.39 is 6.10 Å². The predicted octanol–water partition coefficient (Wildman–Crippen LogP) is 1.54. The van der Waals surface area contributed by atoms with Crippen molar-refractivity contribution in [2.45, 2.75) is 50.4 Å². The summed E-state index contributed by atoms with van der Waals surface area (Å²) in [6, 6.07) is 0. The van der Waals surface area contributed by atoms with Gasteiger partial charge in [0.05, 0.1) is 23.7 Å². The van der Waals surface area contributed by atoms with Crippen molar-refractivity contribution >= 4 is 11.6 Å². The van der Waals surface area contributed by atoms with Crippen LogP contribution in [0.25, 0.3) is 0 Å². The van der Waals surface area contributed by atoms with Crippen molar-refractivity contribution < 1.29 is 9.84 Å². The van der Waals surface area contributed by atoms with E-state index >= 15 is 0 Å². The van der Waals surface area contributed by atoms with Crippen LogP contribution in [-0.2, 0) is 4.74 Å². The van der Waals surface area contributed by atoms with Gasteiger partial charge in [-0.05, 0) is 12.8 Å². The maximum atomic E-state index is 9.87. The highest BCUT2D eigenvalue weighted by Crippen LogP contribution is 2.46. The van der Waals surface area contributed by atoms with Gasteiger partial charge in [-0.3, -0.25) is 0 Å². The summed E-state index contributed by atoms with van der Waals surface area (Å²) in [4.78, 5) is 0. The highest BCUT2D eigenvalue weighted by molar-refractivity contribution is 6.21. The van der Waals surface area contributed by atoms with Crippen molar-refractivity contribution in [1.29, 1.82) is 0 Å². The van der Waals surface area contributed by atoms with Crippen molar-refractivity contribution in [3.05, 3.63) is 0 Å². The molecule has 0 aromatic carbocycles. The maximum Gasteiger partial charge on any atom is 0.0863 e. The second-order valence-corrected chi connectivity index (χ2v) is 4.96. The summed E-state index contributed by atoms with van der Waals surface area (Å²) in [5.41, 5.74) is -0.181. The fourth-order valence-electron chi connectivity index (χ4n) is 2.25. The minimum Gasteiger partial charge on any atom is -0.391 e. The van der Waals surface area contributed by atoms with Gasteiger partial charge in [-0.2, -0.15) is 0 Å². The van der Waals surface area contributed by atoms with Gasteiger partial charge < -0.3 is 9.84 Å². The number of fused-ring (bicyclic) bond motifs is 2. The standard InChI is InChI=1S/C9H15ClO2/c1-9(2)6-4-3-5(12-6)7(10)8(9)11/h5-8,11H,3-4H2,1-2H3/t5-,6+,7+,8?/m0/s1. The summed E-state index contributed by atoms with van der Waals surface area (Å²) in [7, 11) is 0. The van der Waals surface area contributed by atoms with Gasteiger partial charge >= 0.3 is 0 Å². The minimum absolute atomic E-state index is 0.0830. The molecule has 2 rings (SSSR count). The Morgan fingerprint density at radius 1 is 1.42 bits per heavy atom. The molecule has 0 spiro atoms. The number of ether oxygens (including phenoxy) is 1. The summed E-state index contributed by atoms with van der Waals surface area (Å²) in [5.74, 6) is 0. The molecule has 0 aliphatic carbocycles. The maximum absolute atomic E-state index is 9.87. The van der Waals surface area contributed by atoms with E-state index in [1.165, 1.54) is 0 Å². The molecule has 1 unspecified atom stereocenters. The highest BCUT2D eigenvalue weighted by Gasteiger charge is 2.52. The Bertz CT molecular complexity index is 193. The van der Waals surface area contributed by atoms with Gasteiger partial charge in [0.15, 0.2) is 0 Å². The molecule has 2 fully saturated rings. The van der Waals surface area contributed by atoms with Crippen LogP contribution in [0.2, 0.25) is 0 Å². The van der Waals surface area contributed by atoms with Crippen LogP contribution < -0.4 is 0 Å². The predicted molar refractivity (Wildman–Crippen MR) is 47.3 cm³/mol. The van der Waals surface area contributed by atoms with Gasteiger partial charge in [0.1, 0.15) is 0 Å². The Kier molecular flexibility index (Phi) is 1.90. The van der Waals surface area contributed by atoms with Crippen LogP contribution in [0.4, 0.5) is 0 Å². The van der Waals surface area contributed by atoms with Gasteiger partial charge in [0, 0.05) is 5.41 Å². The molecule has 70 valence electrons. The number of hydrogen-bond acceptors (Lipinski definition) is 2. The van der Waals surface area contributed by atoms with Crippen LogP contribution in [0.1, 0.15) is 26.7 Å². The van der Waals surface area contributed by atoms with Crippen molar-refractivity contribution in [3.63, 3.8) is 0 Å². The molecule has 2 aliphatic rings. The SMILES string of the molecule is CC1(C)C(O)[C@H](Cl)[C@@H]2CC[C@H]1O2. The van der Waals surface area contributed by atoms with Crippen LogP contribution in [0.5, 0.6) is 0 Å². The smallest absolute Gasteiger partial charge is 0.0863 e. The molecule has 0 aromatic heterocycles. The Labute approximate surface area is 77.9 Å². The summed E-state index contributed by atoms with van der Waals surface area (Å²) in [5, 5.41) is 9.65. The lowest BCUT2D eigenvalue weighted by molar-refractivity contribution is -0.134. The van der Waals surface area contributed by atoms with E-state index in [4.69, 9.17) is 16.3 Å². The fourth-order valence-corrected chi connectivity index (χ4v) is 2.76. The minimum atomic E-state index is -0.426. The van der Waals surface area contributed by atoms with Gasteiger partial charge in [0.25, 0.3) is 0 Å². The Hall–Kier alpha value is 0.210. The van der Waals surface area contributed by atoms with Crippen molar-refractivity contribution in [1.82, 2.24) is 0 Å². The first-order valence-corrected chi connectivity index (χ1v) is 4.94. The van der Waals surface area contributed by atoms with Gasteiger partial charge in [-0.15, -0.1) is 11.6 Å². The lowest BCUT2D eigenvalue weighted by Crippen LogP contribution is -2.52. The van der Waals surface area contributed by atoms with E-state index in [1.807, 2.05) is 13.8 Å². The molecule has 2 nitrogen and oxygen atoms in total. The molecule has 2 heterocycles. The number of rotatable bonds is 0. The number of aliphatic hydroxyl groups excluding tert-OH is 1. The van der Waals surface area contributed by atoms with Gasteiger partial charge in [0.2, 0.25) is 0 Å². The average molecular weight is 191 g/mol. The molecule has 0 radical (unpaired) electrons. The van der Waals surface area contributed by atoms with Crippen LogP contribution >= 0.6 is 11.6 Å². The molecule has 12 heavy (non-hydrogen) atoms. The first kappa shape index (κ1) is 8.79. The Balaban J connectivity index is 2.26. The summed E-state index contributed by atoms with van der Waals surface area (Å²) >= 11 is 6.07. The first-order chi connectivity index (χ1) is 5.53. The zero-order valence-electron chi connectivity index (χ0n) is 7.46. The zero-order chi connectivity index (χ0) is 8.93. The monoisotopic (exact) mass is 190 g/mol. The molecular weight excluding hydrogens is 176 g/mol. The first-order valence-electron chi connectivity index (χ1n) is 4.51. The molecular formula is C9H15ClO2. The van der Waals surface area contributed by atoms with E-state index in [0.29, 0.717) is 0 Å². The van der Waals surface area contributed by atoms with Crippen LogP contribution in [-0.4, -0.2) is 28.8 Å². The second-order valence-electron chi connectivity index (χ2n) is 4.45. The molecule has 3 heteroatoms. The summed E-state index contributed by atoms with van der Waals surface area (Å²) in [6.45, 7) is 4.05. The Morgan fingerprint density at radius 3 is 2.75 bits per heavy atom. The quantitative estimate of drug-likeness (QED) is 0.588. The molecule has 2 bridgehead atoms. The second kappa shape index (κ2) is 2.60. The normalized spacial score (nSPS) is 51.0. The molecule has 0 aromatic rings. The molecule has 2 saturated heterocycles. The molecule has 4 atom stereocenters. The highest BCUT2D eigenvalue weighted by atomic mass is 35.5. The van der Waals surface area contributed by atoms with E-state index in [2.05, 4.69) is 0 Å². The lowest BCUT2D eigenvalue weighted by Gasteiger charge is -2.43. The lowest BCUT2D eigenvalue weighted by atomic mass is 9.78. The van der Waals surface area contributed by atoms with Gasteiger partial charge in [-0.1, -0.05) is 13.8 Å². The van der Waals surface area contributed by atoms with E-state index in [0.717, 1.165) is 12.8 Å².